The quantitative estimate of drug-likeness (QED) is 0.680. The average Bonchev–Trinajstić information content (AvgIpc) is 2.13. The molecule has 70 valence electrons. The van der Waals surface area contributed by atoms with Gasteiger partial charge in [0, 0.05) is 6.20 Å². The number of pyridine rings is 1. The van der Waals surface area contributed by atoms with Gasteiger partial charge in [-0.15, -0.1) is 0 Å². The number of nitrogens with zero attached hydrogens (tertiary/aromatic N) is 1. The maximum absolute atomic E-state index is 13.1. The number of halogens is 1. The Kier molecular flexibility index (Phi) is 2.79. The number of rotatable bonds is 2. The summed E-state index contributed by atoms with van der Waals surface area (Å²) in [6.45, 7) is 0. The van der Waals surface area contributed by atoms with Crippen molar-refractivity contribution in [1.82, 2.24) is 4.98 Å². The fourth-order valence-corrected chi connectivity index (χ4v) is 0.836. The first kappa shape index (κ1) is 9.44. The van der Waals surface area contributed by atoms with E-state index in [1.165, 1.54) is 19.4 Å². The van der Waals surface area contributed by atoms with Crippen LogP contribution in [-0.4, -0.2) is 18.1 Å². The molecule has 0 fully saturated rings. The highest BCUT2D eigenvalue weighted by Gasteiger charge is 2.11. The number of hydrogen-bond donors (Lipinski definition) is 1. The van der Waals surface area contributed by atoms with E-state index in [0.29, 0.717) is 0 Å². The van der Waals surface area contributed by atoms with E-state index in [1.807, 2.05) is 0 Å². The molecule has 5 heteroatoms. The first-order chi connectivity index (χ1) is 6.15. The van der Waals surface area contributed by atoms with Gasteiger partial charge in [-0.05, 0) is 6.07 Å². The molecule has 0 aliphatic carbocycles. The van der Waals surface area contributed by atoms with Crippen molar-refractivity contribution in [3.05, 3.63) is 23.8 Å². The molecule has 2 N–H and O–H groups in total. The molecule has 0 atom stereocenters. The molecule has 1 rings (SSSR count). The summed E-state index contributed by atoms with van der Waals surface area (Å²) in [5.41, 5.74) is 5.26. The molecule has 0 unspecified atom stereocenters. The number of ether oxygens (including phenoxy) is 1. The van der Waals surface area contributed by atoms with Crippen LogP contribution in [-0.2, 0) is 16.0 Å². The standard InChI is InChI=1S/C8H9FN2O2/c1-13-7(12)4-6-8(9)5(10)2-3-11-6/h2-3H,4H2,1H3,(H2,10,11). The van der Waals surface area contributed by atoms with Crippen molar-refractivity contribution in [2.75, 3.05) is 12.8 Å². The Hall–Kier alpha value is -1.65. The minimum Gasteiger partial charge on any atom is -0.469 e. The van der Waals surface area contributed by atoms with Crippen molar-refractivity contribution in [3.63, 3.8) is 0 Å². The molecular weight excluding hydrogens is 175 g/mol. The predicted octanol–water partition coefficient (Wildman–Crippen LogP) is 0.518. The molecule has 1 heterocycles. The summed E-state index contributed by atoms with van der Waals surface area (Å²) in [5, 5.41) is 0. The largest absolute Gasteiger partial charge is 0.469 e. The smallest absolute Gasteiger partial charge is 0.311 e. The summed E-state index contributed by atoms with van der Waals surface area (Å²) >= 11 is 0. The molecular formula is C8H9FN2O2. The van der Waals surface area contributed by atoms with Crippen LogP contribution in [0, 0.1) is 5.82 Å². The Balaban J connectivity index is 2.89. The fraction of sp³-hybridized carbons (Fsp3) is 0.250. The lowest BCUT2D eigenvalue weighted by Crippen LogP contribution is -2.09. The van der Waals surface area contributed by atoms with Crippen molar-refractivity contribution in [2.45, 2.75) is 6.42 Å². The summed E-state index contributed by atoms with van der Waals surface area (Å²) in [6, 6.07) is 1.33. The number of carbonyl (C=O) groups excluding carboxylic acids is 1. The molecule has 0 bridgehead atoms. The van der Waals surface area contributed by atoms with E-state index in [1.54, 1.807) is 0 Å². The highest BCUT2D eigenvalue weighted by atomic mass is 19.1. The summed E-state index contributed by atoms with van der Waals surface area (Å²) in [4.78, 5) is 14.4. The molecule has 0 spiro atoms. The number of nitrogens with two attached hydrogens (primary N) is 1. The summed E-state index contributed by atoms with van der Waals surface area (Å²) in [6.07, 6.45) is 1.14. The van der Waals surface area contributed by atoms with Gasteiger partial charge in [0.1, 0.15) is 0 Å². The molecule has 0 saturated heterocycles. The Morgan fingerprint density at radius 3 is 3.08 bits per heavy atom. The number of esters is 1. The number of nitrogen functional groups attached to an aromatic ring is 1. The van der Waals surface area contributed by atoms with Gasteiger partial charge in [0.25, 0.3) is 0 Å². The second kappa shape index (κ2) is 3.84. The van der Waals surface area contributed by atoms with Crippen LogP contribution in [0.1, 0.15) is 5.69 Å². The minimum atomic E-state index is -0.659. The minimum absolute atomic E-state index is 0.00634. The van der Waals surface area contributed by atoms with Gasteiger partial charge in [-0.3, -0.25) is 9.78 Å². The Bertz CT molecular complexity index is 328. The molecule has 13 heavy (non-hydrogen) atoms. The highest BCUT2D eigenvalue weighted by molar-refractivity contribution is 5.72. The van der Waals surface area contributed by atoms with E-state index in [-0.39, 0.29) is 17.8 Å². The van der Waals surface area contributed by atoms with Crippen molar-refractivity contribution in [1.29, 1.82) is 0 Å². The first-order valence-electron chi connectivity index (χ1n) is 3.61. The topological polar surface area (TPSA) is 65.2 Å². The SMILES string of the molecule is COC(=O)Cc1nccc(N)c1F. The summed E-state index contributed by atoms with van der Waals surface area (Å²) < 4.78 is 17.5. The number of methoxy groups -OCH3 is 1. The van der Waals surface area contributed by atoms with Crippen molar-refractivity contribution < 1.29 is 13.9 Å². The number of carbonyl (C=O) groups is 1. The second-order valence-electron chi connectivity index (χ2n) is 2.41. The van der Waals surface area contributed by atoms with E-state index in [4.69, 9.17) is 5.73 Å². The number of anilines is 1. The van der Waals surface area contributed by atoms with Crippen LogP contribution in [0.4, 0.5) is 10.1 Å². The molecule has 0 aliphatic rings. The van der Waals surface area contributed by atoms with Crippen LogP contribution in [0.25, 0.3) is 0 Å². The van der Waals surface area contributed by atoms with Gasteiger partial charge in [-0.25, -0.2) is 4.39 Å². The maximum atomic E-state index is 13.1. The molecule has 1 aromatic rings. The summed E-state index contributed by atoms with van der Waals surface area (Å²) in [7, 11) is 1.23. The number of aromatic nitrogens is 1. The zero-order chi connectivity index (χ0) is 9.84. The molecule has 0 aromatic carbocycles. The zero-order valence-corrected chi connectivity index (χ0v) is 7.08. The lowest BCUT2D eigenvalue weighted by atomic mass is 10.2. The van der Waals surface area contributed by atoms with E-state index >= 15 is 0 Å². The lowest BCUT2D eigenvalue weighted by Gasteiger charge is -2.02. The molecule has 4 nitrogen and oxygen atoms in total. The van der Waals surface area contributed by atoms with Crippen LogP contribution in [0.15, 0.2) is 12.3 Å². The van der Waals surface area contributed by atoms with Gasteiger partial charge in [0.05, 0.1) is 24.9 Å². The molecule has 0 amide bonds. The fourth-order valence-electron chi connectivity index (χ4n) is 0.836. The van der Waals surface area contributed by atoms with Gasteiger partial charge >= 0.3 is 5.97 Å². The van der Waals surface area contributed by atoms with E-state index < -0.39 is 11.8 Å². The van der Waals surface area contributed by atoms with Crippen LogP contribution in [0.5, 0.6) is 0 Å². The van der Waals surface area contributed by atoms with Crippen molar-refractivity contribution in [2.24, 2.45) is 0 Å². The monoisotopic (exact) mass is 184 g/mol. The number of hydrogen-bond acceptors (Lipinski definition) is 4. The van der Waals surface area contributed by atoms with Gasteiger partial charge in [-0.2, -0.15) is 0 Å². The van der Waals surface area contributed by atoms with E-state index in [2.05, 4.69) is 9.72 Å². The third kappa shape index (κ3) is 2.14. The van der Waals surface area contributed by atoms with Crippen LogP contribution >= 0.6 is 0 Å². The lowest BCUT2D eigenvalue weighted by molar-refractivity contribution is -0.139. The molecule has 0 saturated carbocycles. The van der Waals surface area contributed by atoms with Gasteiger partial charge in [0.15, 0.2) is 5.82 Å². The Morgan fingerprint density at radius 1 is 1.77 bits per heavy atom. The third-order valence-corrected chi connectivity index (χ3v) is 1.53. The Morgan fingerprint density at radius 2 is 2.46 bits per heavy atom. The highest BCUT2D eigenvalue weighted by Crippen LogP contribution is 2.12. The normalized spacial score (nSPS) is 9.69. The van der Waals surface area contributed by atoms with Crippen molar-refractivity contribution in [3.8, 4) is 0 Å². The molecule has 1 aromatic heterocycles. The van der Waals surface area contributed by atoms with Gasteiger partial charge in [0.2, 0.25) is 0 Å². The summed E-state index contributed by atoms with van der Waals surface area (Å²) in [5.74, 6) is -1.20. The van der Waals surface area contributed by atoms with Crippen molar-refractivity contribution >= 4 is 11.7 Å². The van der Waals surface area contributed by atoms with Crippen LogP contribution in [0.2, 0.25) is 0 Å². The average molecular weight is 184 g/mol. The Labute approximate surface area is 74.5 Å². The van der Waals surface area contributed by atoms with Gasteiger partial charge < -0.3 is 10.5 Å². The van der Waals surface area contributed by atoms with E-state index in [0.717, 1.165) is 0 Å². The predicted molar refractivity (Wildman–Crippen MR) is 44.3 cm³/mol. The third-order valence-electron chi connectivity index (χ3n) is 1.53. The van der Waals surface area contributed by atoms with E-state index in [9.17, 15) is 9.18 Å². The van der Waals surface area contributed by atoms with Crippen LogP contribution < -0.4 is 5.73 Å². The second-order valence-corrected chi connectivity index (χ2v) is 2.41. The molecule has 0 radical (unpaired) electrons. The first-order valence-corrected chi connectivity index (χ1v) is 3.61. The zero-order valence-electron chi connectivity index (χ0n) is 7.08. The van der Waals surface area contributed by atoms with Gasteiger partial charge in [-0.1, -0.05) is 0 Å². The van der Waals surface area contributed by atoms with Crippen LogP contribution in [0.3, 0.4) is 0 Å². The molecule has 0 aliphatic heterocycles. The maximum Gasteiger partial charge on any atom is 0.311 e.